The van der Waals surface area contributed by atoms with Gasteiger partial charge in [-0.25, -0.2) is 13.2 Å². The van der Waals surface area contributed by atoms with Gasteiger partial charge in [0.1, 0.15) is 12.7 Å². The molecule has 2 aromatic rings. The predicted octanol–water partition coefficient (Wildman–Crippen LogP) is 4.63. The minimum Gasteiger partial charge on any atom is -0.455 e. The average molecular weight is 484 g/mol. The van der Waals surface area contributed by atoms with Gasteiger partial charge < -0.3 is 9.47 Å². The summed E-state index contributed by atoms with van der Waals surface area (Å²) in [7, 11) is -3.68. The van der Waals surface area contributed by atoms with E-state index in [1.807, 2.05) is 37.3 Å². The number of nitrogens with zero attached hydrogens (tertiary/aromatic N) is 1. The van der Waals surface area contributed by atoms with Crippen molar-refractivity contribution in [2.45, 2.75) is 56.6 Å². The average Bonchev–Trinajstić information content (AvgIpc) is 3.23. The predicted molar refractivity (Wildman–Crippen MR) is 131 cm³/mol. The number of carbonyl (C=O) groups excluding carboxylic acids is 1. The smallest absolute Gasteiger partial charge is 0.332 e. The Hall–Kier alpha value is -2.48. The van der Waals surface area contributed by atoms with Gasteiger partial charge in [0, 0.05) is 6.54 Å². The van der Waals surface area contributed by atoms with E-state index in [9.17, 15) is 13.2 Å². The lowest BCUT2D eigenvalue weighted by molar-refractivity contribution is -0.152. The van der Waals surface area contributed by atoms with Crippen LogP contribution in [0.5, 0.6) is 0 Å². The van der Waals surface area contributed by atoms with Crippen LogP contribution in [0.2, 0.25) is 0 Å². The Balaban J connectivity index is 1.44. The minimum absolute atomic E-state index is 0.124. The molecule has 0 unspecified atom stereocenters. The van der Waals surface area contributed by atoms with Crippen LogP contribution in [0.4, 0.5) is 0 Å². The van der Waals surface area contributed by atoms with Crippen molar-refractivity contribution in [3.05, 3.63) is 77.4 Å². The first kappa shape index (κ1) is 24.6. The summed E-state index contributed by atoms with van der Waals surface area (Å²) in [6, 6.07) is 16.5. The number of sulfonamides is 1. The molecule has 7 heteroatoms. The highest BCUT2D eigenvalue weighted by molar-refractivity contribution is 7.89. The Kier molecular flexibility index (Phi) is 8.19. The highest BCUT2D eigenvalue weighted by atomic mass is 32.2. The lowest BCUT2D eigenvalue weighted by atomic mass is 9.87. The second-order valence-electron chi connectivity index (χ2n) is 9.21. The van der Waals surface area contributed by atoms with Gasteiger partial charge in [-0.1, -0.05) is 73.4 Å². The Morgan fingerprint density at radius 3 is 2.44 bits per heavy atom. The number of rotatable bonds is 8. The van der Waals surface area contributed by atoms with Gasteiger partial charge in [-0.05, 0) is 49.0 Å². The highest BCUT2D eigenvalue weighted by Crippen LogP contribution is 2.31. The molecule has 6 nitrogen and oxygen atoms in total. The first-order valence-corrected chi connectivity index (χ1v) is 13.4. The molecule has 1 heterocycles. The van der Waals surface area contributed by atoms with Gasteiger partial charge in [0.15, 0.2) is 0 Å². The molecule has 2 aromatic carbocycles. The van der Waals surface area contributed by atoms with Crippen molar-refractivity contribution in [1.29, 1.82) is 0 Å². The summed E-state index contributed by atoms with van der Waals surface area (Å²) in [5.74, 6) is -0.0774. The number of carbonyl (C=O) groups is 1. The zero-order valence-corrected chi connectivity index (χ0v) is 20.5. The van der Waals surface area contributed by atoms with Gasteiger partial charge in [-0.15, -0.1) is 0 Å². The topological polar surface area (TPSA) is 72.9 Å². The van der Waals surface area contributed by atoms with Crippen LogP contribution in [0.3, 0.4) is 0 Å². The van der Waals surface area contributed by atoms with Gasteiger partial charge >= 0.3 is 5.97 Å². The van der Waals surface area contributed by atoms with Gasteiger partial charge in [0.05, 0.1) is 18.0 Å². The molecule has 0 radical (unpaired) electrons. The fraction of sp³-hybridized carbons (Fsp3) is 0.444. The van der Waals surface area contributed by atoms with E-state index in [1.165, 1.54) is 23.6 Å². The molecule has 0 amide bonds. The molecule has 1 atom stereocenters. The number of benzene rings is 2. The first-order valence-electron chi connectivity index (χ1n) is 12.0. The lowest BCUT2D eigenvalue weighted by Crippen LogP contribution is -2.31. The Labute approximate surface area is 202 Å². The van der Waals surface area contributed by atoms with Crippen LogP contribution < -0.4 is 0 Å². The summed E-state index contributed by atoms with van der Waals surface area (Å²) in [4.78, 5) is 12.8. The fourth-order valence-corrected chi connectivity index (χ4v) is 6.04. The molecule has 0 spiro atoms. The number of esters is 1. The van der Waals surface area contributed by atoms with Crippen molar-refractivity contribution in [2.75, 3.05) is 19.7 Å². The second-order valence-corrected chi connectivity index (χ2v) is 11.1. The Bertz CT molecular complexity index is 1090. The summed E-state index contributed by atoms with van der Waals surface area (Å²) >= 11 is 0. The number of hydrogen-bond donors (Lipinski definition) is 0. The van der Waals surface area contributed by atoms with Crippen molar-refractivity contribution in [3.8, 4) is 0 Å². The zero-order valence-electron chi connectivity index (χ0n) is 19.7. The van der Waals surface area contributed by atoms with Crippen LogP contribution in [0, 0.1) is 12.8 Å². The lowest BCUT2D eigenvalue weighted by Gasteiger charge is -2.20. The van der Waals surface area contributed by atoms with Gasteiger partial charge in [0.2, 0.25) is 10.0 Å². The molecule has 2 fully saturated rings. The molecule has 4 rings (SSSR count). The van der Waals surface area contributed by atoms with E-state index in [0.717, 1.165) is 29.5 Å². The molecule has 2 aliphatic rings. The first-order chi connectivity index (χ1) is 16.4. The van der Waals surface area contributed by atoms with Crippen LogP contribution >= 0.6 is 0 Å². The molecule has 0 aromatic heterocycles. The van der Waals surface area contributed by atoms with E-state index in [4.69, 9.17) is 9.47 Å². The standard InChI is InChI=1S/C27H33NO5S/c1-21-12-14-25(15-13-21)34(30,31)28-17-24(16-22-8-4-2-5-9-22)26(18-28)33-27(29)20-32-19-23-10-6-3-7-11-23/h3,6-7,10-16,22,26H,2,4-5,8-9,17-20H2,1H3/b24-16+/t26-/m0/s1. The largest absolute Gasteiger partial charge is 0.455 e. The third-order valence-corrected chi connectivity index (χ3v) is 8.33. The Morgan fingerprint density at radius 1 is 1.03 bits per heavy atom. The molecule has 1 saturated carbocycles. The van der Waals surface area contributed by atoms with Crippen LogP contribution in [0.25, 0.3) is 0 Å². The maximum atomic E-state index is 13.3. The molecule has 1 saturated heterocycles. The maximum absolute atomic E-state index is 13.3. The summed E-state index contributed by atoms with van der Waals surface area (Å²) in [6.45, 7) is 2.44. The van der Waals surface area contributed by atoms with Crippen LogP contribution in [-0.4, -0.2) is 44.5 Å². The third-order valence-electron chi connectivity index (χ3n) is 6.51. The second kappa shape index (κ2) is 11.3. The van der Waals surface area contributed by atoms with E-state index in [-0.39, 0.29) is 24.6 Å². The normalized spacial score (nSPS) is 21.1. The van der Waals surface area contributed by atoms with E-state index in [1.54, 1.807) is 24.3 Å². The minimum atomic E-state index is -3.68. The van der Waals surface area contributed by atoms with Gasteiger partial charge in [-0.3, -0.25) is 0 Å². The molecule has 182 valence electrons. The van der Waals surface area contributed by atoms with E-state index >= 15 is 0 Å². The summed E-state index contributed by atoms with van der Waals surface area (Å²) in [6.07, 6.45) is 7.35. The number of ether oxygens (including phenoxy) is 2. The van der Waals surface area contributed by atoms with E-state index in [0.29, 0.717) is 12.5 Å². The third kappa shape index (κ3) is 6.34. The zero-order chi connectivity index (χ0) is 24.0. The van der Waals surface area contributed by atoms with Gasteiger partial charge in [-0.2, -0.15) is 4.31 Å². The quantitative estimate of drug-likeness (QED) is 0.404. The molecular weight excluding hydrogens is 450 g/mol. The van der Waals surface area contributed by atoms with Gasteiger partial charge in [0.25, 0.3) is 0 Å². The molecule has 0 N–H and O–H groups in total. The number of allylic oxidation sites excluding steroid dienone is 1. The summed E-state index contributed by atoms with van der Waals surface area (Å²) in [5, 5.41) is 0. The molecule has 0 bridgehead atoms. The van der Waals surface area contributed by atoms with Crippen LogP contribution in [-0.2, 0) is 30.9 Å². The molecule has 1 aliphatic carbocycles. The van der Waals surface area contributed by atoms with Crippen molar-refractivity contribution in [3.63, 3.8) is 0 Å². The van der Waals surface area contributed by atoms with Crippen LogP contribution in [0.15, 0.2) is 71.1 Å². The Morgan fingerprint density at radius 2 is 1.74 bits per heavy atom. The van der Waals surface area contributed by atoms with Crippen molar-refractivity contribution >= 4 is 16.0 Å². The van der Waals surface area contributed by atoms with E-state index < -0.39 is 22.1 Å². The number of aryl methyl sites for hydroxylation is 1. The molecule has 1 aliphatic heterocycles. The van der Waals surface area contributed by atoms with Crippen molar-refractivity contribution in [1.82, 2.24) is 4.31 Å². The highest BCUT2D eigenvalue weighted by Gasteiger charge is 2.38. The van der Waals surface area contributed by atoms with Crippen molar-refractivity contribution in [2.24, 2.45) is 5.92 Å². The van der Waals surface area contributed by atoms with Crippen molar-refractivity contribution < 1.29 is 22.7 Å². The fourth-order valence-electron chi connectivity index (χ4n) is 4.61. The SMILES string of the molecule is Cc1ccc(S(=O)(=O)N2C/C(=C\C3CCCCC3)[C@@H](OC(=O)COCc3ccccc3)C2)cc1. The summed E-state index contributed by atoms with van der Waals surface area (Å²) < 4.78 is 39.3. The molecule has 34 heavy (non-hydrogen) atoms. The van der Waals surface area contributed by atoms with Crippen LogP contribution in [0.1, 0.15) is 43.2 Å². The van der Waals surface area contributed by atoms with E-state index in [2.05, 4.69) is 6.08 Å². The monoisotopic (exact) mass is 483 g/mol. The maximum Gasteiger partial charge on any atom is 0.332 e. The molecular formula is C27H33NO5S. The summed E-state index contributed by atoms with van der Waals surface area (Å²) in [5.41, 5.74) is 2.85. The number of hydrogen-bond acceptors (Lipinski definition) is 5.